The Bertz CT molecular complexity index is 459. The Labute approximate surface area is 117 Å². The molecule has 0 fully saturated rings. The van der Waals surface area contributed by atoms with E-state index in [1.807, 2.05) is 0 Å². The van der Waals surface area contributed by atoms with Crippen molar-refractivity contribution in [1.82, 2.24) is 5.32 Å². The molecule has 0 aliphatic carbocycles. The Morgan fingerprint density at radius 3 is 2.55 bits per heavy atom. The van der Waals surface area contributed by atoms with Gasteiger partial charge in [0.15, 0.2) is 0 Å². The molecule has 0 saturated heterocycles. The molecule has 1 unspecified atom stereocenters. The van der Waals surface area contributed by atoms with Gasteiger partial charge in [0.25, 0.3) is 0 Å². The number of ether oxygens (including phenoxy) is 1. The van der Waals surface area contributed by atoms with E-state index in [0.717, 1.165) is 0 Å². The van der Waals surface area contributed by atoms with Crippen LogP contribution < -0.4 is 15.8 Å². The first-order chi connectivity index (χ1) is 9.19. The summed E-state index contributed by atoms with van der Waals surface area (Å²) in [6, 6.07) is 5.93. The maximum atomic E-state index is 12.3. The molecule has 112 valence electrons. The molecule has 0 heterocycles. The van der Waals surface area contributed by atoms with Crippen molar-refractivity contribution in [2.75, 3.05) is 0 Å². The summed E-state index contributed by atoms with van der Waals surface area (Å²) >= 11 is 0. The molecule has 1 atom stereocenters. The maximum absolute atomic E-state index is 12.3. The summed E-state index contributed by atoms with van der Waals surface area (Å²) in [7, 11) is 0. The van der Waals surface area contributed by atoms with Gasteiger partial charge in [0.1, 0.15) is 5.75 Å². The predicted octanol–water partition coefficient (Wildman–Crippen LogP) is 2.59. The van der Waals surface area contributed by atoms with Crippen molar-refractivity contribution in [2.45, 2.75) is 45.4 Å². The number of rotatable bonds is 6. The van der Waals surface area contributed by atoms with Crippen molar-refractivity contribution < 1.29 is 18.3 Å². The minimum Gasteiger partial charge on any atom is -0.434 e. The molecule has 3 N–H and O–H groups in total. The van der Waals surface area contributed by atoms with E-state index in [4.69, 9.17) is 5.73 Å². The smallest absolute Gasteiger partial charge is 0.387 e. The highest BCUT2D eigenvalue weighted by Gasteiger charge is 2.20. The monoisotopic (exact) mass is 286 g/mol. The zero-order valence-electron chi connectivity index (χ0n) is 11.8. The van der Waals surface area contributed by atoms with Gasteiger partial charge in [-0.15, -0.1) is 0 Å². The Hall–Kier alpha value is -1.69. The number of carbonyl (C=O) groups is 1. The third-order valence-corrected chi connectivity index (χ3v) is 2.60. The van der Waals surface area contributed by atoms with Crippen LogP contribution in [0.25, 0.3) is 0 Å². The number of hydrogen-bond donors (Lipinski definition) is 2. The first kappa shape index (κ1) is 16.4. The van der Waals surface area contributed by atoms with E-state index in [9.17, 15) is 13.6 Å². The van der Waals surface area contributed by atoms with Gasteiger partial charge in [0, 0.05) is 17.5 Å². The Kier molecular flexibility index (Phi) is 5.44. The van der Waals surface area contributed by atoms with E-state index in [1.54, 1.807) is 39.0 Å². The third-order valence-electron chi connectivity index (χ3n) is 2.60. The molecule has 1 amide bonds. The summed E-state index contributed by atoms with van der Waals surface area (Å²) in [6.45, 7) is 2.28. The summed E-state index contributed by atoms with van der Waals surface area (Å²) in [4.78, 5) is 11.8. The Balaban J connectivity index is 2.77. The summed E-state index contributed by atoms with van der Waals surface area (Å²) in [6.07, 6.45) is 0.148. The molecule has 0 bridgehead atoms. The normalized spacial score (nSPS) is 13.2. The van der Waals surface area contributed by atoms with Crippen molar-refractivity contribution >= 4 is 5.91 Å². The van der Waals surface area contributed by atoms with Gasteiger partial charge in [-0.2, -0.15) is 8.78 Å². The van der Waals surface area contributed by atoms with Crippen LogP contribution in [0.1, 0.15) is 38.8 Å². The molecule has 0 spiro atoms. The predicted molar refractivity (Wildman–Crippen MR) is 72.5 cm³/mol. The van der Waals surface area contributed by atoms with Crippen LogP contribution in [0.15, 0.2) is 24.3 Å². The van der Waals surface area contributed by atoms with Gasteiger partial charge in [-0.1, -0.05) is 18.2 Å². The summed E-state index contributed by atoms with van der Waals surface area (Å²) < 4.78 is 29.1. The maximum Gasteiger partial charge on any atom is 0.387 e. The average molecular weight is 286 g/mol. The van der Waals surface area contributed by atoms with Crippen molar-refractivity contribution in [3.05, 3.63) is 29.8 Å². The van der Waals surface area contributed by atoms with Crippen molar-refractivity contribution in [3.63, 3.8) is 0 Å². The fraction of sp³-hybridized carbons (Fsp3) is 0.500. The molecule has 0 aliphatic heterocycles. The summed E-state index contributed by atoms with van der Waals surface area (Å²) in [5, 5.41) is 2.72. The topological polar surface area (TPSA) is 64.4 Å². The largest absolute Gasteiger partial charge is 0.434 e. The lowest BCUT2D eigenvalue weighted by Gasteiger charge is -2.21. The van der Waals surface area contributed by atoms with Gasteiger partial charge in [-0.05, 0) is 26.8 Å². The van der Waals surface area contributed by atoms with Crippen molar-refractivity contribution in [2.24, 2.45) is 5.73 Å². The number of alkyl halides is 2. The number of carbonyl (C=O) groups excluding carboxylic acids is 1. The molecule has 6 heteroatoms. The van der Waals surface area contributed by atoms with Crippen LogP contribution in [-0.4, -0.2) is 18.1 Å². The average Bonchev–Trinajstić information content (AvgIpc) is 2.25. The zero-order valence-corrected chi connectivity index (χ0v) is 11.8. The van der Waals surface area contributed by atoms with Crippen LogP contribution in [0, 0.1) is 0 Å². The Morgan fingerprint density at radius 1 is 1.40 bits per heavy atom. The van der Waals surface area contributed by atoms with Gasteiger partial charge in [0.2, 0.25) is 5.91 Å². The second-order valence-electron chi connectivity index (χ2n) is 5.37. The number of halogens is 2. The second kappa shape index (κ2) is 6.65. The molecule has 1 aromatic carbocycles. The van der Waals surface area contributed by atoms with Crippen LogP contribution in [0.3, 0.4) is 0 Å². The number of amides is 1. The molecule has 0 saturated carbocycles. The molecule has 20 heavy (non-hydrogen) atoms. The zero-order chi connectivity index (χ0) is 15.3. The lowest BCUT2D eigenvalue weighted by atomic mass is 10.0. The highest BCUT2D eigenvalue weighted by molar-refractivity contribution is 5.77. The fourth-order valence-corrected chi connectivity index (χ4v) is 1.83. The number of nitrogens with two attached hydrogens (primary N) is 1. The summed E-state index contributed by atoms with van der Waals surface area (Å²) in [5.74, 6) is -0.181. The standard InChI is InChI=1S/C14H20F2N2O2/c1-9(18-12(19)8-14(2,3)17)10-6-4-5-7-11(10)20-13(15)16/h4-7,9,13H,8,17H2,1-3H3,(H,18,19). The third kappa shape index (κ3) is 5.52. The highest BCUT2D eigenvalue weighted by Crippen LogP contribution is 2.26. The van der Waals surface area contributed by atoms with Crippen LogP contribution in [0.5, 0.6) is 5.75 Å². The van der Waals surface area contributed by atoms with Crippen LogP contribution in [0.2, 0.25) is 0 Å². The minimum atomic E-state index is -2.90. The van der Waals surface area contributed by atoms with Gasteiger partial charge in [-0.3, -0.25) is 4.79 Å². The summed E-state index contributed by atoms with van der Waals surface area (Å²) in [5.41, 5.74) is 5.64. The molecule has 1 rings (SSSR count). The van der Waals surface area contributed by atoms with E-state index < -0.39 is 18.2 Å². The van der Waals surface area contributed by atoms with E-state index >= 15 is 0 Å². The Morgan fingerprint density at radius 2 is 2.00 bits per heavy atom. The first-order valence-electron chi connectivity index (χ1n) is 6.31. The van der Waals surface area contributed by atoms with E-state index in [1.165, 1.54) is 6.07 Å². The van der Waals surface area contributed by atoms with Crippen LogP contribution in [0.4, 0.5) is 8.78 Å². The molecule has 0 aromatic heterocycles. The molecule has 0 radical (unpaired) electrons. The minimum absolute atomic E-state index is 0.0577. The van der Waals surface area contributed by atoms with Crippen LogP contribution in [-0.2, 0) is 4.79 Å². The van der Waals surface area contributed by atoms with E-state index in [2.05, 4.69) is 10.1 Å². The van der Waals surface area contributed by atoms with Gasteiger partial charge in [0.05, 0.1) is 6.04 Å². The van der Waals surface area contributed by atoms with Crippen LogP contribution >= 0.6 is 0 Å². The molecule has 4 nitrogen and oxygen atoms in total. The highest BCUT2D eigenvalue weighted by atomic mass is 19.3. The van der Waals surface area contributed by atoms with Crippen molar-refractivity contribution in [3.8, 4) is 5.75 Å². The quantitative estimate of drug-likeness (QED) is 0.845. The SMILES string of the molecule is CC(NC(=O)CC(C)(C)N)c1ccccc1OC(F)F. The van der Waals surface area contributed by atoms with Gasteiger partial charge < -0.3 is 15.8 Å². The second-order valence-corrected chi connectivity index (χ2v) is 5.37. The van der Waals surface area contributed by atoms with E-state index in [-0.39, 0.29) is 18.1 Å². The molecular weight excluding hydrogens is 266 g/mol. The molecule has 0 aliphatic rings. The number of para-hydroxylation sites is 1. The number of hydrogen-bond acceptors (Lipinski definition) is 3. The lowest BCUT2D eigenvalue weighted by molar-refractivity contribution is -0.122. The van der Waals surface area contributed by atoms with E-state index in [0.29, 0.717) is 5.56 Å². The molecular formula is C14H20F2N2O2. The number of benzene rings is 1. The molecule has 1 aromatic rings. The fourth-order valence-electron chi connectivity index (χ4n) is 1.83. The first-order valence-corrected chi connectivity index (χ1v) is 6.31. The number of nitrogens with one attached hydrogen (secondary N) is 1. The van der Waals surface area contributed by atoms with Gasteiger partial charge >= 0.3 is 6.61 Å². The lowest BCUT2D eigenvalue weighted by Crippen LogP contribution is -2.39. The van der Waals surface area contributed by atoms with Crippen molar-refractivity contribution in [1.29, 1.82) is 0 Å². The van der Waals surface area contributed by atoms with Gasteiger partial charge in [-0.25, -0.2) is 0 Å².